The minimum atomic E-state index is -2.84. The second-order valence-electron chi connectivity index (χ2n) is 2.80. The Morgan fingerprint density at radius 2 is 2.27 bits per heavy atom. The van der Waals surface area contributed by atoms with Crippen molar-refractivity contribution in [3.63, 3.8) is 0 Å². The number of pyridine rings is 1. The number of rotatable bonds is 2. The van der Waals surface area contributed by atoms with Crippen LogP contribution in [0.1, 0.15) is 33.7 Å². The first-order valence-corrected chi connectivity index (χ1v) is 3.90. The molecule has 4 nitrogen and oxygen atoms in total. The molecule has 0 fully saturated rings. The van der Waals surface area contributed by atoms with Crippen molar-refractivity contribution in [3.8, 4) is 6.07 Å². The average molecular weight is 212 g/mol. The second kappa shape index (κ2) is 4.00. The largest absolute Gasteiger partial charge is 0.477 e. The highest BCUT2D eigenvalue weighted by Crippen LogP contribution is 2.25. The Hall–Kier alpha value is -2.03. The summed E-state index contributed by atoms with van der Waals surface area (Å²) in [7, 11) is 0. The van der Waals surface area contributed by atoms with E-state index in [9.17, 15) is 13.6 Å². The molecule has 15 heavy (non-hydrogen) atoms. The predicted molar refractivity (Wildman–Crippen MR) is 45.6 cm³/mol. The van der Waals surface area contributed by atoms with Crippen LogP contribution in [-0.4, -0.2) is 16.1 Å². The van der Waals surface area contributed by atoms with Gasteiger partial charge in [0.05, 0.1) is 5.56 Å². The third kappa shape index (κ3) is 2.07. The topological polar surface area (TPSA) is 74.0 Å². The van der Waals surface area contributed by atoms with E-state index in [-0.39, 0.29) is 5.56 Å². The fourth-order valence-electron chi connectivity index (χ4n) is 1.15. The number of halogens is 2. The molecule has 0 amide bonds. The first kappa shape index (κ1) is 11.0. The number of aromatic carboxylic acids is 1. The van der Waals surface area contributed by atoms with E-state index in [1.165, 1.54) is 13.0 Å². The van der Waals surface area contributed by atoms with Gasteiger partial charge in [0, 0.05) is 0 Å². The minimum absolute atomic E-state index is 0.0500. The van der Waals surface area contributed by atoms with Crippen LogP contribution < -0.4 is 0 Å². The molecule has 1 heterocycles. The van der Waals surface area contributed by atoms with Gasteiger partial charge in [-0.05, 0) is 18.6 Å². The molecule has 0 atom stereocenters. The molecular formula is C9H6F2N2O2. The third-order valence-electron chi connectivity index (χ3n) is 1.81. The minimum Gasteiger partial charge on any atom is -0.477 e. The molecular weight excluding hydrogens is 206 g/mol. The van der Waals surface area contributed by atoms with E-state index in [1.807, 2.05) is 0 Å². The van der Waals surface area contributed by atoms with Gasteiger partial charge >= 0.3 is 5.97 Å². The van der Waals surface area contributed by atoms with Crippen molar-refractivity contribution >= 4 is 5.97 Å². The number of hydrogen-bond acceptors (Lipinski definition) is 3. The monoisotopic (exact) mass is 212 g/mol. The molecule has 1 N–H and O–H groups in total. The fourth-order valence-corrected chi connectivity index (χ4v) is 1.15. The Morgan fingerprint density at radius 3 is 2.67 bits per heavy atom. The van der Waals surface area contributed by atoms with Crippen LogP contribution in [0.5, 0.6) is 0 Å². The molecule has 1 rings (SSSR count). The van der Waals surface area contributed by atoms with Gasteiger partial charge in [0.25, 0.3) is 6.43 Å². The van der Waals surface area contributed by atoms with Crippen LogP contribution >= 0.6 is 0 Å². The van der Waals surface area contributed by atoms with Gasteiger partial charge in [-0.25, -0.2) is 18.6 Å². The highest BCUT2D eigenvalue weighted by atomic mass is 19.3. The molecule has 6 heteroatoms. The molecule has 78 valence electrons. The number of nitrogens with zero attached hydrogens (tertiary/aromatic N) is 2. The lowest BCUT2D eigenvalue weighted by Gasteiger charge is -2.06. The normalized spacial score (nSPS) is 10.1. The van der Waals surface area contributed by atoms with E-state index in [4.69, 9.17) is 10.4 Å². The van der Waals surface area contributed by atoms with Crippen molar-refractivity contribution in [2.24, 2.45) is 0 Å². The molecule has 0 unspecified atom stereocenters. The maximum Gasteiger partial charge on any atom is 0.354 e. The lowest BCUT2D eigenvalue weighted by molar-refractivity contribution is 0.0689. The zero-order valence-corrected chi connectivity index (χ0v) is 7.66. The van der Waals surface area contributed by atoms with Crippen molar-refractivity contribution in [2.45, 2.75) is 13.3 Å². The molecule has 1 aromatic heterocycles. The number of carboxylic acids is 1. The molecule has 0 radical (unpaired) electrons. The smallest absolute Gasteiger partial charge is 0.354 e. The Kier molecular flexibility index (Phi) is 2.95. The number of carboxylic acid groups (broad SMARTS) is 1. The highest BCUT2D eigenvalue weighted by Gasteiger charge is 2.20. The van der Waals surface area contributed by atoms with Crippen LogP contribution in [0.15, 0.2) is 6.07 Å². The van der Waals surface area contributed by atoms with Crippen LogP contribution in [0, 0.1) is 18.3 Å². The molecule has 0 saturated carbocycles. The summed E-state index contributed by atoms with van der Waals surface area (Å²) in [6, 6.07) is 2.48. The SMILES string of the molecule is Cc1cc(C(=O)O)nc(C#N)c1C(F)F. The van der Waals surface area contributed by atoms with E-state index in [2.05, 4.69) is 4.98 Å². The van der Waals surface area contributed by atoms with Crippen LogP contribution in [-0.2, 0) is 0 Å². The molecule has 0 saturated heterocycles. The second-order valence-corrected chi connectivity index (χ2v) is 2.80. The van der Waals surface area contributed by atoms with Gasteiger partial charge < -0.3 is 5.11 Å². The maximum atomic E-state index is 12.5. The van der Waals surface area contributed by atoms with E-state index in [1.54, 1.807) is 0 Å². The van der Waals surface area contributed by atoms with E-state index >= 15 is 0 Å². The van der Waals surface area contributed by atoms with Crippen LogP contribution in [0.4, 0.5) is 8.78 Å². The van der Waals surface area contributed by atoms with Gasteiger partial charge in [0.15, 0.2) is 5.69 Å². The molecule has 1 aromatic rings. The average Bonchev–Trinajstić information content (AvgIpc) is 2.15. The predicted octanol–water partition coefficient (Wildman–Crippen LogP) is 1.90. The quantitative estimate of drug-likeness (QED) is 0.812. The van der Waals surface area contributed by atoms with Crippen LogP contribution in [0.3, 0.4) is 0 Å². The summed E-state index contributed by atoms with van der Waals surface area (Å²) in [4.78, 5) is 13.9. The summed E-state index contributed by atoms with van der Waals surface area (Å²) >= 11 is 0. The standard InChI is InChI=1S/C9H6F2N2O2/c1-4-2-5(9(14)15)13-6(3-12)7(4)8(10)11/h2,8H,1H3,(H,14,15). The summed E-state index contributed by atoms with van der Waals surface area (Å²) in [5.74, 6) is -1.35. The number of aryl methyl sites for hydroxylation is 1. The van der Waals surface area contributed by atoms with Crippen molar-refractivity contribution in [3.05, 3.63) is 28.6 Å². The van der Waals surface area contributed by atoms with Gasteiger partial charge in [-0.2, -0.15) is 5.26 Å². The zero-order valence-electron chi connectivity index (χ0n) is 7.66. The van der Waals surface area contributed by atoms with Crippen molar-refractivity contribution in [1.29, 1.82) is 5.26 Å². The number of hydrogen-bond donors (Lipinski definition) is 1. The fraction of sp³-hybridized carbons (Fsp3) is 0.222. The van der Waals surface area contributed by atoms with Crippen molar-refractivity contribution in [1.82, 2.24) is 4.98 Å². The Balaban J connectivity index is 3.46. The van der Waals surface area contributed by atoms with Crippen LogP contribution in [0.2, 0.25) is 0 Å². The molecule has 0 aliphatic rings. The number of carbonyl (C=O) groups is 1. The van der Waals surface area contributed by atoms with Gasteiger partial charge in [0.2, 0.25) is 0 Å². The van der Waals surface area contributed by atoms with Gasteiger partial charge in [-0.15, -0.1) is 0 Å². The Labute approximate surface area is 83.8 Å². The Bertz CT molecular complexity index is 452. The molecule has 0 aromatic carbocycles. The maximum absolute atomic E-state index is 12.5. The number of aromatic nitrogens is 1. The van der Waals surface area contributed by atoms with Gasteiger partial charge in [0.1, 0.15) is 11.8 Å². The molecule has 0 aliphatic heterocycles. The van der Waals surface area contributed by atoms with Crippen LogP contribution in [0.25, 0.3) is 0 Å². The lowest BCUT2D eigenvalue weighted by atomic mass is 10.1. The lowest BCUT2D eigenvalue weighted by Crippen LogP contribution is -2.06. The molecule has 0 spiro atoms. The van der Waals surface area contributed by atoms with E-state index in [0.29, 0.717) is 0 Å². The van der Waals surface area contributed by atoms with Crippen molar-refractivity contribution in [2.75, 3.05) is 0 Å². The summed E-state index contributed by atoms with van der Waals surface area (Å²) in [5.41, 5.74) is -1.41. The highest BCUT2D eigenvalue weighted by molar-refractivity contribution is 5.85. The number of nitriles is 1. The first-order valence-electron chi connectivity index (χ1n) is 3.90. The summed E-state index contributed by atoms with van der Waals surface area (Å²) in [5, 5.41) is 17.2. The van der Waals surface area contributed by atoms with E-state index in [0.717, 1.165) is 6.07 Å². The van der Waals surface area contributed by atoms with E-state index < -0.39 is 29.3 Å². The summed E-state index contributed by atoms with van der Waals surface area (Å²) < 4.78 is 24.9. The molecule has 0 bridgehead atoms. The Morgan fingerprint density at radius 1 is 1.67 bits per heavy atom. The summed E-state index contributed by atoms with van der Waals surface area (Å²) in [6.45, 7) is 1.32. The zero-order chi connectivity index (χ0) is 11.6. The number of alkyl halides is 2. The summed E-state index contributed by atoms with van der Waals surface area (Å²) in [6.07, 6.45) is -2.84. The van der Waals surface area contributed by atoms with Gasteiger partial charge in [-0.3, -0.25) is 0 Å². The first-order chi connectivity index (χ1) is 6.97. The molecule has 0 aliphatic carbocycles. The van der Waals surface area contributed by atoms with Crippen molar-refractivity contribution < 1.29 is 18.7 Å². The third-order valence-corrected chi connectivity index (χ3v) is 1.81. The van der Waals surface area contributed by atoms with Gasteiger partial charge in [-0.1, -0.05) is 0 Å².